The molecule has 2 heterocycles. The van der Waals surface area contributed by atoms with Gasteiger partial charge < -0.3 is 14.0 Å². The summed E-state index contributed by atoms with van der Waals surface area (Å²) in [5.74, 6) is 0.369. The Morgan fingerprint density at radius 2 is 2.03 bits per heavy atom. The molecule has 0 amide bonds. The number of rotatable bonds is 6. The van der Waals surface area contributed by atoms with Gasteiger partial charge in [0.1, 0.15) is 11.4 Å². The molecule has 4 rings (SSSR count). The van der Waals surface area contributed by atoms with Crippen molar-refractivity contribution in [3.8, 4) is 17.0 Å². The quantitative estimate of drug-likeness (QED) is 0.403. The maximum atomic E-state index is 12.6. The van der Waals surface area contributed by atoms with E-state index in [1.807, 2.05) is 18.2 Å². The number of thiazole rings is 1. The third-order valence-electron chi connectivity index (χ3n) is 4.11. The number of fused-ring (bicyclic) bond motifs is 1. The summed E-state index contributed by atoms with van der Waals surface area (Å²) in [7, 11) is 1.61. The third-order valence-corrected chi connectivity index (χ3v) is 5.29. The van der Waals surface area contributed by atoms with Gasteiger partial charge in [0, 0.05) is 10.6 Å². The smallest absolute Gasteiger partial charge is 0.346 e. The van der Waals surface area contributed by atoms with Crippen LogP contribution in [0.4, 0.5) is 11.0 Å². The molecule has 2 aromatic heterocycles. The third kappa shape index (κ3) is 3.90. The number of nitrogens with zero attached hydrogens (tertiary/aromatic N) is 2. The first kappa shape index (κ1) is 19.2. The van der Waals surface area contributed by atoms with Crippen LogP contribution in [0.15, 0.2) is 47.0 Å². The second-order valence-electron chi connectivity index (χ2n) is 5.94. The van der Waals surface area contributed by atoms with Crippen LogP contribution in [0.5, 0.6) is 5.75 Å². The summed E-state index contributed by atoms with van der Waals surface area (Å²) in [5, 5.41) is 8.26. The first-order chi connectivity index (χ1) is 14.1. The second kappa shape index (κ2) is 8.10. The number of carbonyl (C=O) groups is 1. The molecule has 2 aromatic carbocycles. The van der Waals surface area contributed by atoms with Crippen LogP contribution in [0.1, 0.15) is 17.3 Å². The highest BCUT2D eigenvalue weighted by molar-refractivity contribution is 7.22. The molecule has 0 saturated heterocycles. The van der Waals surface area contributed by atoms with Crippen LogP contribution in [0.2, 0.25) is 5.02 Å². The summed E-state index contributed by atoms with van der Waals surface area (Å²) in [6.45, 7) is 1.96. The fraction of sp³-hybridized carbons (Fsp3) is 0.150. The number of esters is 1. The number of halogens is 1. The Kier molecular flexibility index (Phi) is 5.37. The minimum absolute atomic E-state index is 0.166. The van der Waals surface area contributed by atoms with E-state index in [0.717, 1.165) is 16.0 Å². The molecule has 0 aliphatic carbocycles. The van der Waals surface area contributed by atoms with Crippen molar-refractivity contribution in [1.29, 1.82) is 0 Å². The standard InChI is InChI=1S/C20H16ClN3O4S/c1-3-27-19(25)16-17(11-4-6-12(21)7-5-11)24-28-18(16)23-20-22-14-9-8-13(26-2)10-15(14)29-20/h4-10H,3H2,1-2H3,(H,22,23). The van der Waals surface area contributed by atoms with E-state index in [-0.39, 0.29) is 18.1 Å². The highest BCUT2D eigenvalue weighted by atomic mass is 35.5. The number of nitrogens with one attached hydrogen (secondary N) is 1. The van der Waals surface area contributed by atoms with Crippen LogP contribution in [0.25, 0.3) is 21.5 Å². The van der Waals surface area contributed by atoms with E-state index in [1.165, 1.54) is 11.3 Å². The molecule has 0 bridgehead atoms. The van der Waals surface area contributed by atoms with E-state index in [1.54, 1.807) is 38.3 Å². The zero-order valence-electron chi connectivity index (χ0n) is 15.6. The summed E-state index contributed by atoms with van der Waals surface area (Å²) in [5.41, 5.74) is 2.05. The van der Waals surface area contributed by atoms with Crippen LogP contribution >= 0.6 is 22.9 Å². The number of benzene rings is 2. The van der Waals surface area contributed by atoms with E-state index in [0.29, 0.717) is 21.4 Å². The van der Waals surface area contributed by atoms with Gasteiger partial charge >= 0.3 is 5.97 Å². The van der Waals surface area contributed by atoms with Crippen molar-refractivity contribution in [3.05, 3.63) is 53.1 Å². The maximum absolute atomic E-state index is 12.6. The van der Waals surface area contributed by atoms with Crippen LogP contribution in [0, 0.1) is 0 Å². The zero-order valence-corrected chi connectivity index (χ0v) is 17.1. The summed E-state index contributed by atoms with van der Waals surface area (Å²) in [6, 6.07) is 12.5. The lowest BCUT2D eigenvalue weighted by Crippen LogP contribution is -2.07. The van der Waals surface area contributed by atoms with Crippen LogP contribution in [-0.4, -0.2) is 29.8 Å². The first-order valence-electron chi connectivity index (χ1n) is 8.73. The number of hydrogen-bond donors (Lipinski definition) is 1. The Labute approximate surface area is 175 Å². The number of methoxy groups -OCH3 is 1. The highest BCUT2D eigenvalue weighted by Crippen LogP contribution is 2.35. The average Bonchev–Trinajstić information content (AvgIpc) is 3.32. The second-order valence-corrected chi connectivity index (χ2v) is 7.41. The van der Waals surface area contributed by atoms with Gasteiger partial charge in [-0.15, -0.1) is 0 Å². The lowest BCUT2D eigenvalue weighted by atomic mass is 10.1. The molecule has 7 nitrogen and oxygen atoms in total. The van der Waals surface area contributed by atoms with Crippen LogP contribution in [-0.2, 0) is 4.74 Å². The van der Waals surface area contributed by atoms with E-state index < -0.39 is 5.97 Å². The molecule has 1 N–H and O–H groups in total. The molecule has 9 heteroatoms. The van der Waals surface area contributed by atoms with Gasteiger partial charge in [0.05, 0.1) is 23.9 Å². The minimum Gasteiger partial charge on any atom is -0.497 e. The minimum atomic E-state index is -0.538. The van der Waals surface area contributed by atoms with Crippen molar-refractivity contribution in [2.24, 2.45) is 0 Å². The Morgan fingerprint density at radius 3 is 2.76 bits per heavy atom. The van der Waals surface area contributed by atoms with Crippen molar-refractivity contribution in [2.45, 2.75) is 6.92 Å². The Bertz CT molecular complexity index is 1170. The van der Waals surface area contributed by atoms with Gasteiger partial charge in [-0.25, -0.2) is 9.78 Å². The molecule has 148 valence electrons. The van der Waals surface area contributed by atoms with Crippen molar-refractivity contribution in [3.63, 3.8) is 0 Å². The van der Waals surface area contributed by atoms with Gasteiger partial charge in [0.2, 0.25) is 5.88 Å². The molecule has 0 spiro atoms. The molecule has 29 heavy (non-hydrogen) atoms. The molecular formula is C20H16ClN3O4S. The number of anilines is 2. The first-order valence-corrected chi connectivity index (χ1v) is 9.93. The fourth-order valence-electron chi connectivity index (χ4n) is 2.76. The van der Waals surface area contributed by atoms with Crippen molar-refractivity contribution >= 4 is 50.1 Å². The van der Waals surface area contributed by atoms with E-state index in [4.69, 9.17) is 25.6 Å². The monoisotopic (exact) mass is 429 g/mol. The number of carbonyl (C=O) groups excluding carboxylic acids is 1. The average molecular weight is 430 g/mol. The normalized spacial score (nSPS) is 10.9. The van der Waals surface area contributed by atoms with Gasteiger partial charge in [0.25, 0.3) is 0 Å². The molecule has 0 atom stereocenters. The van der Waals surface area contributed by atoms with Gasteiger partial charge in [-0.1, -0.05) is 40.2 Å². The molecule has 0 unspecified atom stereocenters. The predicted octanol–water partition coefficient (Wildman–Crippen LogP) is 5.53. The summed E-state index contributed by atoms with van der Waals surface area (Å²) in [4.78, 5) is 17.1. The van der Waals surface area contributed by atoms with E-state index in [9.17, 15) is 4.79 Å². The van der Waals surface area contributed by atoms with Crippen molar-refractivity contribution in [1.82, 2.24) is 10.1 Å². The molecule has 0 aliphatic heterocycles. The number of aromatic nitrogens is 2. The van der Waals surface area contributed by atoms with Gasteiger partial charge in [-0.2, -0.15) is 0 Å². The SMILES string of the molecule is CCOC(=O)c1c(-c2ccc(Cl)cc2)noc1Nc1nc2ccc(OC)cc2s1. The summed E-state index contributed by atoms with van der Waals surface area (Å²) >= 11 is 7.36. The molecule has 0 saturated carbocycles. The predicted molar refractivity (Wildman–Crippen MR) is 112 cm³/mol. The largest absolute Gasteiger partial charge is 0.497 e. The topological polar surface area (TPSA) is 86.5 Å². The van der Waals surface area contributed by atoms with Crippen molar-refractivity contribution < 1.29 is 18.8 Å². The Hall–Kier alpha value is -3.10. The van der Waals surface area contributed by atoms with Crippen LogP contribution in [0.3, 0.4) is 0 Å². The lowest BCUT2D eigenvalue weighted by molar-refractivity contribution is 0.0528. The fourth-order valence-corrected chi connectivity index (χ4v) is 3.77. The molecule has 0 fully saturated rings. The number of ether oxygens (including phenoxy) is 2. The number of hydrogen-bond acceptors (Lipinski definition) is 8. The Balaban J connectivity index is 1.73. The van der Waals surface area contributed by atoms with E-state index in [2.05, 4.69) is 15.5 Å². The van der Waals surface area contributed by atoms with Crippen molar-refractivity contribution in [2.75, 3.05) is 19.0 Å². The summed E-state index contributed by atoms with van der Waals surface area (Å²) in [6.07, 6.45) is 0. The maximum Gasteiger partial charge on any atom is 0.346 e. The van der Waals surface area contributed by atoms with Crippen LogP contribution < -0.4 is 10.1 Å². The Morgan fingerprint density at radius 1 is 1.24 bits per heavy atom. The lowest BCUT2D eigenvalue weighted by Gasteiger charge is -2.04. The van der Waals surface area contributed by atoms with E-state index >= 15 is 0 Å². The molecule has 4 aromatic rings. The van der Waals surface area contributed by atoms with Gasteiger partial charge in [-0.05, 0) is 37.3 Å². The summed E-state index contributed by atoms with van der Waals surface area (Å²) < 4.78 is 16.8. The van der Waals surface area contributed by atoms with Gasteiger partial charge in [0.15, 0.2) is 10.7 Å². The van der Waals surface area contributed by atoms with Gasteiger partial charge in [-0.3, -0.25) is 5.32 Å². The highest BCUT2D eigenvalue weighted by Gasteiger charge is 2.26. The molecule has 0 radical (unpaired) electrons. The molecule has 0 aliphatic rings. The molecular weight excluding hydrogens is 414 g/mol. The zero-order chi connectivity index (χ0) is 20.4.